The van der Waals surface area contributed by atoms with E-state index in [1.807, 2.05) is 25.1 Å². The molecule has 0 unspecified atom stereocenters. The summed E-state index contributed by atoms with van der Waals surface area (Å²) in [5, 5.41) is 14.6. The van der Waals surface area contributed by atoms with Gasteiger partial charge in [0.15, 0.2) is 5.82 Å². The van der Waals surface area contributed by atoms with Crippen molar-refractivity contribution in [1.82, 2.24) is 30.4 Å². The molecule has 122 valence electrons. The van der Waals surface area contributed by atoms with E-state index < -0.39 is 0 Å². The minimum Gasteiger partial charge on any atom is -0.350 e. The summed E-state index contributed by atoms with van der Waals surface area (Å²) < 4.78 is 1.59. The van der Waals surface area contributed by atoms with Crippen molar-refractivity contribution >= 4 is 5.91 Å². The molecule has 1 aromatic heterocycles. The molecule has 0 saturated carbocycles. The minimum absolute atomic E-state index is 0.0848. The Morgan fingerprint density at radius 2 is 2.22 bits per heavy atom. The van der Waals surface area contributed by atoms with E-state index in [1.165, 1.54) is 6.42 Å². The van der Waals surface area contributed by atoms with Crippen LogP contribution in [0, 0.1) is 6.92 Å². The van der Waals surface area contributed by atoms with E-state index in [4.69, 9.17) is 0 Å². The van der Waals surface area contributed by atoms with Gasteiger partial charge in [-0.15, -0.1) is 5.10 Å². The molecule has 1 aliphatic heterocycles. The quantitative estimate of drug-likeness (QED) is 0.897. The second kappa shape index (κ2) is 6.87. The van der Waals surface area contributed by atoms with Crippen LogP contribution in [-0.2, 0) is 0 Å². The number of tetrazole rings is 1. The van der Waals surface area contributed by atoms with Gasteiger partial charge in [0, 0.05) is 12.6 Å². The highest BCUT2D eigenvalue weighted by molar-refractivity contribution is 5.97. The lowest BCUT2D eigenvalue weighted by Crippen LogP contribution is -2.40. The van der Waals surface area contributed by atoms with Crippen molar-refractivity contribution in [3.8, 4) is 5.69 Å². The molecule has 7 nitrogen and oxygen atoms in total. The Hall–Kier alpha value is -2.28. The summed E-state index contributed by atoms with van der Waals surface area (Å²) in [6.45, 7) is 6.80. The number of carbonyl (C=O) groups is 1. The van der Waals surface area contributed by atoms with Crippen molar-refractivity contribution in [2.75, 3.05) is 19.6 Å². The summed E-state index contributed by atoms with van der Waals surface area (Å²) in [5.41, 5.74) is 1.29. The van der Waals surface area contributed by atoms with E-state index in [2.05, 4.69) is 32.7 Å². The fraction of sp³-hybridized carbons (Fsp3) is 0.500. The predicted octanol–water partition coefficient (Wildman–Crippen LogP) is 1.18. The van der Waals surface area contributed by atoms with Crippen molar-refractivity contribution in [2.45, 2.75) is 32.7 Å². The Morgan fingerprint density at radius 1 is 1.39 bits per heavy atom. The lowest BCUT2D eigenvalue weighted by Gasteiger charge is -2.23. The Kier molecular flexibility index (Phi) is 4.66. The number of likely N-dealkylation sites (tertiary alicyclic amines) is 1. The molecule has 0 aliphatic carbocycles. The molecule has 1 aliphatic rings. The molecular formula is C16H22N6O. The van der Waals surface area contributed by atoms with Crippen molar-refractivity contribution in [2.24, 2.45) is 0 Å². The number of aryl methyl sites for hydroxylation is 1. The first-order valence-electron chi connectivity index (χ1n) is 8.07. The highest BCUT2D eigenvalue weighted by Gasteiger charge is 2.24. The van der Waals surface area contributed by atoms with Crippen molar-refractivity contribution < 1.29 is 4.79 Å². The molecule has 3 rings (SSSR count). The molecule has 1 fully saturated rings. The summed E-state index contributed by atoms with van der Waals surface area (Å²) in [6.07, 6.45) is 2.34. The van der Waals surface area contributed by atoms with Crippen LogP contribution in [0.3, 0.4) is 0 Å². The van der Waals surface area contributed by atoms with Crippen molar-refractivity contribution in [3.05, 3.63) is 35.7 Å². The van der Waals surface area contributed by atoms with Gasteiger partial charge in [-0.05, 0) is 55.4 Å². The number of hydrogen-bond acceptors (Lipinski definition) is 5. The Labute approximate surface area is 135 Å². The number of amides is 1. The summed E-state index contributed by atoms with van der Waals surface area (Å²) >= 11 is 0. The summed E-state index contributed by atoms with van der Waals surface area (Å²) in [6, 6.07) is 7.82. The van der Waals surface area contributed by atoms with E-state index >= 15 is 0 Å². The second-order valence-electron chi connectivity index (χ2n) is 5.79. The number of nitrogens with one attached hydrogen (secondary N) is 1. The third kappa shape index (κ3) is 3.24. The fourth-order valence-corrected chi connectivity index (χ4v) is 3.15. The smallest absolute Gasteiger partial charge is 0.253 e. The maximum atomic E-state index is 12.6. The first-order valence-corrected chi connectivity index (χ1v) is 8.07. The molecule has 1 atom stereocenters. The Bertz CT molecular complexity index is 683. The van der Waals surface area contributed by atoms with Crippen molar-refractivity contribution in [3.63, 3.8) is 0 Å². The number of nitrogens with zero attached hydrogens (tertiary/aromatic N) is 5. The van der Waals surface area contributed by atoms with Crippen LogP contribution in [0.1, 0.15) is 35.9 Å². The number of para-hydroxylation sites is 1. The molecular weight excluding hydrogens is 292 g/mol. The standard InChI is InChI=1S/C16H22N6O/c1-3-21-10-6-7-13(21)11-17-16(23)14-8-4-5-9-15(14)22-12(2)18-19-20-22/h4-5,8-9,13H,3,6-7,10-11H2,1-2H3,(H,17,23)/t13-/m0/s1. The van der Waals surface area contributed by atoms with Gasteiger partial charge in [0.25, 0.3) is 5.91 Å². The van der Waals surface area contributed by atoms with Gasteiger partial charge in [0.05, 0.1) is 11.3 Å². The Morgan fingerprint density at radius 3 is 2.96 bits per heavy atom. The lowest BCUT2D eigenvalue weighted by molar-refractivity contribution is 0.0941. The maximum absolute atomic E-state index is 12.6. The maximum Gasteiger partial charge on any atom is 0.253 e. The third-order valence-electron chi connectivity index (χ3n) is 4.41. The lowest BCUT2D eigenvalue weighted by atomic mass is 10.1. The molecule has 0 bridgehead atoms. The first kappa shape index (κ1) is 15.6. The summed E-state index contributed by atoms with van der Waals surface area (Å²) in [5.74, 6) is 0.566. The average Bonchev–Trinajstić information content (AvgIpc) is 3.20. The summed E-state index contributed by atoms with van der Waals surface area (Å²) in [7, 11) is 0. The molecule has 0 spiro atoms. The minimum atomic E-state index is -0.0848. The van der Waals surface area contributed by atoms with E-state index in [0.717, 1.165) is 19.5 Å². The van der Waals surface area contributed by atoms with E-state index in [1.54, 1.807) is 10.7 Å². The normalized spacial score (nSPS) is 18.3. The fourth-order valence-electron chi connectivity index (χ4n) is 3.15. The summed E-state index contributed by atoms with van der Waals surface area (Å²) in [4.78, 5) is 15.0. The molecule has 0 radical (unpaired) electrons. The van der Waals surface area contributed by atoms with Crippen molar-refractivity contribution in [1.29, 1.82) is 0 Å². The van der Waals surface area contributed by atoms with Gasteiger partial charge in [-0.3, -0.25) is 9.69 Å². The molecule has 1 saturated heterocycles. The van der Waals surface area contributed by atoms with E-state index in [0.29, 0.717) is 29.7 Å². The van der Waals surface area contributed by atoms with Gasteiger partial charge >= 0.3 is 0 Å². The topological polar surface area (TPSA) is 75.9 Å². The van der Waals surface area contributed by atoms with Crippen LogP contribution < -0.4 is 5.32 Å². The number of carbonyl (C=O) groups excluding carboxylic acids is 1. The molecule has 1 aromatic carbocycles. The van der Waals surface area contributed by atoms with Gasteiger partial charge in [0.1, 0.15) is 0 Å². The average molecular weight is 314 g/mol. The second-order valence-corrected chi connectivity index (χ2v) is 5.79. The van der Waals surface area contributed by atoms with Gasteiger partial charge in [-0.1, -0.05) is 19.1 Å². The molecule has 1 N–H and O–H groups in total. The molecule has 2 heterocycles. The number of rotatable bonds is 5. The van der Waals surface area contributed by atoms with E-state index in [9.17, 15) is 4.79 Å². The van der Waals surface area contributed by atoms with E-state index in [-0.39, 0.29) is 5.91 Å². The van der Waals surface area contributed by atoms with Crippen LogP contribution in [0.25, 0.3) is 5.69 Å². The zero-order valence-electron chi connectivity index (χ0n) is 13.6. The molecule has 7 heteroatoms. The van der Waals surface area contributed by atoms with Crippen LogP contribution >= 0.6 is 0 Å². The van der Waals surface area contributed by atoms with Crippen LogP contribution in [0.15, 0.2) is 24.3 Å². The van der Waals surface area contributed by atoms with Crippen LogP contribution in [0.2, 0.25) is 0 Å². The predicted molar refractivity (Wildman–Crippen MR) is 86.5 cm³/mol. The Balaban J connectivity index is 1.74. The van der Waals surface area contributed by atoms with Gasteiger partial charge in [-0.2, -0.15) is 4.68 Å². The highest BCUT2D eigenvalue weighted by atomic mass is 16.1. The number of benzene rings is 1. The molecule has 1 amide bonds. The first-order chi connectivity index (χ1) is 11.2. The number of likely N-dealkylation sites (N-methyl/N-ethyl adjacent to an activating group) is 1. The number of hydrogen-bond donors (Lipinski definition) is 1. The third-order valence-corrected chi connectivity index (χ3v) is 4.41. The van der Waals surface area contributed by atoms with Crippen LogP contribution in [0.4, 0.5) is 0 Å². The highest BCUT2D eigenvalue weighted by Crippen LogP contribution is 2.17. The zero-order chi connectivity index (χ0) is 16.2. The monoisotopic (exact) mass is 314 g/mol. The van der Waals surface area contributed by atoms with Crippen LogP contribution in [-0.4, -0.2) is 56.7 Å². The number of aromatic nitrogens is 4. The van der Waals surface area contributed by atoms with Gasteiger partial charge in [-0.25, -0.2) is 0 Å². The van der Waals surface area contributed by atoms with Gasteiger partial charge < -0.3 is 5.32 Å². The molecule has 2 aromatic rings. The molecule has 23 heavy (non-hydrogen) atoms. The van der Waals surface area contributed by atoms with Crippen LogP contribution in [0.5, 0.6) is 0 Å². The zero-order valence-corrected chi connectivity index (χ0v) is 13.6. The van der Waals surface area contributed by atoms with Gasteiger partial charge in [0.2, 0.25) is 0 Å². The SMILES string of the molecule is CCN1CCC[C@H]1CNC(=O)c1ccccc1-n1nnnc1C. The largest absolute Gasteiger partial charge is 0.350 e.